The first-order valence-corrected chi connectivity index (χ1v) is 9.08. The molecule has 0 aliphatic rings. The zero-order valence-corrected chi connectivity index (χ0v) is 11.0. The van der Waals surface area contributed by atoms with E-state index in [1.54, 1.807) is 0 Å². The predicted molar refractivity (Wildman–Crippen MR) is 58.9 cm³/mol. The van der Waals surface area contributed by atoms with Crippen molar-refractivity contribution in [3.63, 3.8) is 0 Å². The van der Waals surface area contributed by atoms with E-state index < -0.39 is 17.3 Å². The molecule has 0 atom stereocenters. The molecular weight excluding hydrogens is 240 g/mol. The van der Waals surface area contributed by atoms with E-state index in [1.807, 2.05) is 0 Å². The predicted octanol–water partition coefficient (Wildman–Crippen LogP) is 4.59. The van der Waals surface area contributed by atoms with Crippen molar-refractivity contribution in [1.82, 2.24) is 0 Å². The molecule has 13 heavy (non-hydrogen) atoms. The van der Waals surface area contributed by atoms with Crippen LogP contribution in [0.15, 0.2) is 36.5 Å². The molecule has 0 spiro atoms. The molecule has 75 valence electrons. The molecule has 0 N–H and O–H groups in total. The Morgan fingerprint density at radius 2 is 1.00 bits per heavy atom. The van der Waals surface area contributed by atoms with Gasteiger partial charge in [-0.1, -0.05) is 0 Å². The van der Waals surface area contributed by atoms with Gasteiger partial charge in [-0.3, -0.25) is 0 Å². The summed E-state index contributed by atoms with van der Waals surface area (Å²) in [5.74, 6) is 0. The van der Waals surface area contributed by atoms with Gasteiger partial charge in [-0.2, -0.15) is 0 Å². The number of allylic oxidation sites excluding steroid dienone is 6. The van der Waals surface area contributed by atoms with Crippen LogP contribution in [0.1, 0.15) is 20.8 Å². The van der Waals surface area contributed by atoms with Gasteiger partial charge in [0.1, 0.15) is 0 Å². The van der Waals surface area contributed by atoms with Crippen LogP contribution in [0.3, 0.4) is 0 Å². The third-order valence-corrected chi connectivity index (χ3v) is 6.60. The van der Waals surface area contributed by atoms with Gasteiger partial charge in [-0.15, -0.1) is 0 Å². The fraction of sp³-hybridized carbons (Fsp3) is 0.500. The number of hydrogen-bond donors (Lipinski definition) is 0. The summed E-state index contributed by atoms with van der Waals surface area (Å²) in [7, 11) is 0. The molecule has 0 bridgehead atoms. The molecule has 0 aliphatic heterocycles. The van der Waals surface area contributed by atoms with E-state index in [2.05, 4.69) is 57.2 Å². The van der Waals surface area contributed by atoms with Crippen molar-refractivity contribution < 1.29 is 17.3 Å². The molecule has 0 radical (unpaired) electrons. The average molecular weight is 261 g/mol. The second-order valence-electron chi connectivity index (χ2n) is 2.82. The van der Waals surface area contributed by atoms with Crippen molar-refractivity contribution in [3.8, 4) is 0 Å². The monoisotopic (exact) mass is 263 g/mol. The topological polar surface area (TPSA) is 0 Å². The second kappa shape index (κ2) is 9.99. The molecule has 0 aromatic rings. The Labute approximate surface area is 89.0 Å². The first-order chi connectivity index (χ1) is 6.35. The van der Waals surface area contributed by atoms with Crippen LogP contribution in [-0.4, -0.2) is 0 Å². The molecule has 0 amide bonds. The van der Waals surface area contributed by atoms with Crippen LogP contribution in [0.5, 0.6) is 0 Å². The summed E-state index contributed by atoms with van der Waals surface area (Å²) in [6.07, 6.45) is 13.6. The maximum atomic E-state index is 2.34. The van der Waals surface area contributed by atoms with E-state index in [0.29, 0.717) is 0 Å². The van der Waals surface area contributed by atoms with E-state index in [0.717, 1.165) is 0 Å². The van der Waals surface area contributed by atoms with Crippen LogP contribution in [0.2, 0.25) is 14.4 Å². The second-order valence-corrected chi connectivity index (χ2v) is 8.29. The fourth-order valence-electron chi connectivity index (χ4n) is 0.901. The Bertz CT molecular complexity index is 144. The van der Waals surface area contributed by atoms with Crippen molar-refractivity contribution in [3.05, 3.63) is 36.5 Å². The zero-order chi connectivity index (χ0) is 9.94. The summed E-state index contributed by atoms with van der Waals surface area (Å²) in [5.41, 5.74) is 0. The van der Waals surface area contributed by atoms with Gasteiger partial charge in [0.05, 0.1) is 0 Å². The van der Waals surface area contributed by atoms with Crippen LogP contribution in [0.4, 0.5) is 0 Å². The summed E-state index contributed by atoms with van der Waals surface area (Å²) in [4.78, 5) is 4.11. The summed E-state index contributed by atoms with van der Waals surface area (Å²) in [6, 6.07) is 0. The molecule has 0 nitrogen and oxygen atoms in total. The molecule has 0 heterocycles. The maximum absolute atomic E-state index is 2.34. The minimum absolute atomic E-state index is 0.845. The van der Waals surface area contributed by atoms with Gasteiger partial charge in [0.2, 0.25) is 0 Å². The number of hydrogen-bond acceptors (Lipinski definition) is 0. The molecule has 0 rings (SSSR count). The van der Waals surface area contributed by atoms with Crippen LogP contribution in [0.25, 0.3) is 0 Å². The van der Waals surface area contributed by atoms with Gasteiger partial charge in [0.15, 0.2) is 0 Å². The van der Waals surface area contributed by atoms with Crippen LogP contribution >= 0.6 is 0 Å². The summed E-state index contributed by atoms with van der Waals surface area (Å²) in [6.45, 7) is 6.34. The Balaban J connectivity index is 3.86. The molecule has 0 aromatic heterocycles. The summed E-state index contributed by atoms with van der Waals surface area (Å²) < 4.78 is 0. The van der Waals surface area contributed by atoms with Gasteiger partial charge in [-0.25, -0.2) is 0 Å². The Hall–Kier alpha value is -0.0917. The third-order valence-electron chi connectivity index (χ3n) is 1.70. The van der Waals surface area contributed by atoms with Gasteiger partial charge < -0.3 is 0 Å². The van der Waals surface area contributed by atoms with E-state index in [-0.39, 0.29) is 0 Å². The molecule has 0 aliphatic carbocycles. The molecule has 0 fully saturated rings. The quantitative estimate of drug-likeness (QED) is 0.484. The molecule has 0 saturated carbocycles. The van der Waals surface area contributed by atoms with E-state index in [9.17, 15) is 0 Å². The average Bonchev–Trinajstić information content (AvgIpc) is 2.17. The molecule has 1 heteroatoms. The summed E-state index contributed by atoms with van der Waals surface area (Å²) in [5, 5.41) is 0. The third kappa shape index (κ3) is 8.24. The normalized spacial score (nSPS) is 12.9. The van der Waals surface area contributed by atoms with Crippen molar-refractivity contribution >= 4 is 0 Å². The van der Waals surface area contributed by atoms with Crippen LogP contribution in [-0.2, 0) is 17.3 Å². The van der Waals surface area contributed by atoms with E-state index in [4.69, 9.17) is 0 Å². The van der Waals surface area contributed by atoms with Gasteiger partial charge in [0.25, 0.3) is 0 Å². The Morgan fingerprint density at radius 1 is 0.692 bits per heavy atom. The first kappa shape index (κ1) is 12.9. The molecular formula is C12H21Mo. The van der Waals surface area contributed by atoms with Crippen molar-refractivity contribution in [2.45, 2.75) is 35.2 Å². The van der Waals surface area contributed by atoms with Gasteiger partial charge in [0, 0.05) is 0 Å². The fourth-order valence-corrected chi connectivity index (χ4v) is 5.33. The Morgan fingerprint density at radius 3 is 1.23 bits per heavy atom. The van der Waals surface area contributed by atoms with E-state index in [1.165, 1.54) is 14.4 Å². The minimum atomic E-state index is -0.845. The van der Waals surface area contributed by atoms with Crippen molar-refractivity contribution in [1.29, 1.82) is 0 Å². The van der Waals surface area contributed by atoms with E-state index >= 15 is 0 Å². The van der Waals surface area contributed by atoms with Crippen LogP contribution < -0.4 is 0 Å². The molecule has 0 aromatic carbocycles. The standard InChI is InChI=1S/3C4H7.Mo/c3*1-3-4-2;/h3*3-4H,1H2,2H3;/b3*4-3+;. The molecule has 0 saturated heterocycles. The SMILES string of the molecule is C/C=C/[CH2][Mo]([CH2]/C=C/C)[CH2]/C=C/C. The summed E-state index contributed by atoms with van der Waals surface area (Å²) >= 11 is -0.845. The number of rotatable bonds is 6. The zero-order valence-electron chi connectivity index (χ0n) is 8.99. The van der Waals surface area contributed by atoms with Gasteiger partial charge >= 0.3 is 89.0 Å². The molecule has 0 unspecified atom stereocenters. The van der Waals surface area contributed by atoms with Crippen LogP contribution in [0, 0.1) is 0 Å². The Kier molecular flexibility index (Phi) is 9.92. The van der Waals surface area contributed by atoms with Crippen molar-refractivity contribution in [2.24, 2.45) is 0 Å². The van der Waals surface area contributed by atoms with Gasteiger partial charge in [-0.05, 0) is 0 Å². The van der Waals surface area contributed by atoms with Crippen molar-refractivity contribution in [2.75, 3.05) is 0 Å². The first-order valence-electron chi connectivity index (χ1n) is 4.82.